The fourth-order valence-electron chi connectivity index (χ4n) is 1.63. The summed E-state index contributed by atoms with van der Waals surface area (Å²) in [4.78, 5) is 0. The van der Waals surface area contributed by atoms with E-state index in [9.17, 15) is 0 Å². The number of fused-ring (bicyclic) bond motifs is 1. The van der Waals surface area contributed by atoms with Crippen molar-refractivity contribution in [2.24, 2.45) is 7.05 Å². The van der Waals surface area contributed by atoms with Crippen LogP contribution in [0.1, 0.15) is 11.3 Å². The lowest BCUT2D eigenvalue weighted by molar-refractivity contribution is -0.651. The predicted molar refractivity (Wildman–Crippen MR) is 54.6 cm³/mol. The van der Waals surface area contributed by atoms with E-state index in [1.807, 2.05) is 0 Å². The molecule has 2 heteroatoms. The van der Waals surface area contributed by atoms with Crippen LogP contribution in [0.25, 0.3) is 10.9 Å². The second-order valence-corrected chi connectivity index (χ2v) is 3.60. The molecule has 0 bridgehead atoms. The Morgan fingerprint density at radius 2 is 1.71 bits per heavy atom. The summed E-state index contributed by atoms with van der Waals surface area (Å²) >= 11 is 0. The summed E-state index contributed by atoms with van der Waals surface area (Å²) < 4.78 is 2.22. The van der Waals surface area contributed by atoms with Crippen LogP contribution in [0.15, 0.2) is 30.3 Å². The molecule has 1 heterocycles. The maximum absolute atomic E-state index is 2.22. The third-order valence-electron chi connectivity index (χ3n) is 2.58. The van der Waals surface area contributed by atoms with Gasteiger partial charge in [0.25, 0.3) is 0 Å². The first-order valence-corrected chi connectivity index (χ1v) is 4.54. The molecule has 0 aliphatic heterocycles. The zero-order valence-electron chi connectivity index (χ0n) is 8.71. The van der Waals surface area contributed by atoms with E-state index in [-0.39, 0.29) is 24.0 Å². The molecule has 1 nitrogen and oxygen atoms in total. The van der Waals surface area contributed by atoms with Crippen LogP contribution in [0.4, 0.5) is 0 Å². The molecule has 0 unspecified atom stereocenters. The highest BCUT2D eigenvalue weighted by Crippen LogP contribution is 2.12. The van der Waals surface area contributed by atoms with Gasteiger partial charge < -0.3 is 24.0 Å². The van der Waals surface area contributed by atoms with Gasteiger partial charge >= 0.3 is 0 Å². The van der Waals surface area contributed by atoms with E-state index in [0.29, 0.717) is 0 Å². The molecule has 0 amide bonds. The lowest BCUT2D eigenvalue weighted by atomic mass is 10.1. The predicted octanol–water partition coefficient (Wildman–Crippen LogP) is -0.715. The van der Waals surface area contributed by atoms with Gasteiger partial charge in [0.2, 0.25) is 5.52 Å². The van der Waals surface area contributed by atoms with Crippen molar-refractivity contribution in [3.8, 4) is 0 Å². The van der Waals surface area contributed by atoms with Gasteiger partial charge in [-0.15, -0.1) is 0 Å². The standard InChI is InChI=1S/C12H14N.HI/c1-9-4-7-12-11(8-9)6-5-10(2)13(12)3;/h4-8H,1-3H3;1H/q+1;/p-1. The normalized spacial score (nSPS) is 9.93. The Labute approximate surface area is 102 Å². The van der Waals surface area contributed by atoms with Crippen molar-refractivity contribution >= 4 is 10.9 Å². The lowest BCUT2D eigenvalue weighted by Crippen LogP contribution is -3.00. The second kappa shape index (κ2) is 4.26. The number of rotatable bonds is 0. The molecule has 1 aromatic heterocycles. The van der Waals surface area contributed by atoms with Gasteiger partial charge in [0.15, 0.2) is 5.69 Å². The average molecular weight is 299 g/mol. The van der Waals surface area contributed by atoms with Gasteiger partial charge in [-0.05, 0) is 19.1 Å². The smallest absolute Gasteiger partial charge is 0.212 e. The van der Waals surface area contributed by atoms with Crippen molar-refractivity contribution in [1.82, 2.24) is 0 Å². The highest BCUT2D eigenvalue weighted by atomic mass is 127. The lowest BCUT2D eigenvalue weighted by Gasteiger charge is -2.00. The molecule has 2 aromatic rings. The third-order valence-corrected chi connectivity index (χ3v) is 2.58. The highest BCUT2D eigenvalue weighted by molar-refractivity contribution is 5.76. The van der Waals surface area contributed by atoms with Gasteiger partial charge in [-0.25, -0.2) is 0 Å². The quantitative estimate of drug-likeness (QED) is 0.447. The topological polar surface area (TPSA) is 3.88 Å². The Hall–Kier alpha value is -0.640. The molecule has 0 aliphatic carbocycles. The number of benzene rings is 1. The van der Waals surface area contributed by atoms with Crippen LogP contribution in [-0.2, 0) is 7.05 Å². The summed E-state index contributed by atoms with van der Waals surface area (Å²) in [5.41, 5.74) is 3.90. The van der Waals surface area contributed by atoms with E-state index in [0.717, 1.165) is 0 Å². The van der Waals surface area contributed by atoms with Crippen LogP contribution in [-0.4, -0.2) is 0 Å². The Morgan fingerprint density at radius 1 is 1.00 bits per heavy atom. The summed E-state index contributed by atoms with van der Waals surface area (Å²) in [5, 5.41) is 1.31. The molecule has 0 N–H and O–H groups in total. The van der Waals surface area contributed by atoms with E-state index >= 15 is 0 Å². The maximum Gasteiger partial charge on any atom is 0.212 e. The van der Waals surface area contributed by atoms with Crippen molar-refractivity contribution in [3.05, 3.63) is 41.6 Å². The second-order valence-electron chi connectivity index (χ2n) is 3.60. The third kappa shape index (κ3) is 1.90. The molecule has 74 valence electrons. The summed E-state index contributed by atoms with van der Waals surface area (Å²) in [5.74, 6) is 0. The fourth-order valence-corrected chi connectivity index (χ4v) is 1.63. The Morgan fingerprint density at radius 3 is 2.43 bits per heavy atom. The van der Waals surface area contributed by atoms with Gasteiger partial charge in [-0.1, -0.05) is 11.6 Å². The number of nitrogens with zero attached hydrogens (tertiary/aromatic N) is 1. The SMILES string of the molecule is Cc1ccc2c(ccc(C)[n+]2C)c1.[I-]. The number of pyridine rings is 1. The van der Waals surface area contributed by atoms with Crippen LogP contribution in [0.3, 0.4) is 0 Å². The minimum atomic E-state index is 0. The summed E-state index contributed by atoms with van der Waals surface area (Å²) in [6.45, 7) is 4.25. The zero-order chi connectivity index (χ0) is 9.42. The number of hydrogen-bond acceptors (Lipinski definition) is 0. The molecule has 0 atom stereocenters. The largest absolute Gasteiger partial charge is 1.00 e. The van der Waals surface area contributed by atoms with Crippen LogP contribution in [0, 0.1) is 13.8 Å². The Bertz CT molecular complexity index is 463. The molecule has 14 heavy (non-hydrogen) atoms. The molecule has 0 saturated carbocycles. The molecular weight excluding hydrogens is 285 g/mol. The Kier molecular flexibility index (Phi) is 3.48. The summed E-state index contributed by atoms with van der Waals surface area (Å²) in [6.07, 6.45) is 0. The highest BCUT2D eigenvalue weighted by Gasteiger charge is 2.06. The molecule has 0 fully saturated rings. The van der Waals surface area contributed by atoms with Crippen molar-refractivity contribution in [2.45, 2.75) is 13.8 Å². The van der Waals surface area contributed by atoms with Crippen molar-refractivity contribution < 1.29 is 28.5 Å². The number of aromatic nitrogens is 1. The van der Waals surface area contributed by atoms with E-state index in [1.54, 1.807) is 0 Å². The van der Waals surface area contributed by atoms with E-state index < -0.39 is 0 Å². The number of halogens is 1. The van der Waals surface area contributed by atoms with E-state index in [1.165, 1.54) is 22.2 Å². The molecule has 0 saturated heterocycles. The summed E-state index contributed by atoms with van der Waals surface area (Å²) in [7, 11) is 2.10. The molecule has 0 spiro atoms. The minimum absolute atomic E-state index is 0. The minimum Gasteiger partial charge on any atom is -1.00 e. The molecule has 2 rings (SSSR count). The average Bonchev–Trinajstić information content (AvgIpc) is 2.12. The van der Waals surface area contributed by atoms with Gasteiger partial charge in [0.1, 0.15) is 7.05 Å². The van der Waals surface area contributed by atoms with Crippen molar-refractivity contribution in [1.29, 1.82) is 0 Å². The fraction of sp³-hybridized carbons (Fsp3) is 0.250. The zero-order valence-corrected chi connectivity index (χ0v) is 10.9. The van der Waals surface area contributed by atoms with Crippen LogP contribution < -0.4 is 28.5 Å². The number of hydrogen-bond donors (Lipinski definition) is 0. The molecular formula is C12H14IN. The first-order chi connectivity index (χ1) is 6.18. The van der Waals surface area contributed by atoms with E-state index in [4.69, 9.17) is 0 Å². The van der Waals surface area contributed by atoms with Gasteiger partial charge in [-0.3, -0.25) is 0 Å². The van der Waals surface area contributed by atoms with Crippen molar-refractivity contribution in [3.63, 3.8) is 0 Å². The van der Waals surface area contributed by atoms with Gasteiger partial charge in [0.05, 0.1) is 0 Å². The van der Waals surface area contributed by atoms with E-state index in [2.05, 4.69) is 55.8 Å². The maximum atomic E-state index is 2.22. The molecule has 1 aromatic carbocycles. The van der Waals surface area contributed by atoms with Crippen LogP contribution >= 0.6 is 0 Å². The van der Waals surface area contributed by atoms with Gasteiger partial charge in [-0.2, -0.15) is 4.57 Å². The van der Waals surface area contributed by atoms with Gasteiger partial charge in [0, 0.05) is 24.4 Å². The summed E-state index contributed by atoms with van der Waals surface area (Å²) in [6, 6.07) is 10.9. The Balaban J connectivity index is 0.000000980. The first kappa shape index (κ1) is 11.4. The number of aryl methyl sites for hydroxylation is 3. The monoisotopic (exact) mass is 299 g/mol. The first-order valence-electron chi connectivity index (χ1n) is 4.54. The molecule has 0 aliphatic rings. The van der Waals surface area contributed by atoms with Crippen LogP contribution in [0.2, 0.25) is 0 Å². The molecule has 0 radical (unpaired) electrons. The van der Waals surface area contributed by atoms with Crippen LogP contribution in [0.5, 0.6) is 0 Å². The van der Waals surface area contributed by atoms with Crippen molar-refractivity contribution in [2.75, 3.05) is 0 Å².